The molecule has 5 rings (SSSR count). The van der Waals surface area contributed by atoms with E-state index in [0.717, 1.165) is 6.08 Å². The molecule has 0 radical (unpaired) electrons. The molecule has 0 aliphatic heterocycles. The summed E-state index contributed by atoms with van der Waals surface area (Å²) in [4.78, 5) is 38.8. The Bertz CT molecular complexity index is 1090. The minimum atomic E-state index is -2.30. The molecule has 0 aromatic rings. The molecule has 9 heteroatoms. The molecule has 0 aromatic heterocycles. The number of hydrogen-bond acceptors (Lipinski definition) is 6. The monoisotopic (exact) mass is 526 g/mol. The van der Waals surface area contributed by atoms with Crippen molar-refractivity contribution in [1.29, 1.82) is 0 Å². The number of thioether (sulfide) groups is 1. The van der Waals surface area contributed by atoms with Crippen molar-refractivity contribution in [1.82, 2.24) is 0 Å². The van der Waals surface area contributed by atoms with Crippen LogP contribution in [-0.2, 0) is 19.1 Å². The summed E-state index contributed by atoms with van der Waals surface area (Å²) in [6.45, 7) is 6.69. The summed E-state index contributed by atoms with van der Waals surface area (Å²) >= 11 is 0.416. The van der Waals surface area contributed by atoms with E-state index in [2.05, 4.69) is 0 Å². The van der Waals surface area contributed by atoms with Crippen LogP contribution >= 0.6 is 11.8 Å². The van der Waals surface area contributed by atoms with E-state index < -0.39 is 80.4 Å². The fraction of sp³-hybridized carbons (Fsp3) is 0.741. The Kier molecular flexibility index (Phi) is 5.74. The van der Waals surface area contributed by atoms with Gasteiger partial charge in [0.1, 0.15) is 12.2 Å². The van der Waals surface area contributed by atoms with Gasteiger partial charge in [0.05, 0.1) is 11.5 Å². The Balaban J connectivity index is 1.63. The minimum Gasteiger partial charge on any atom is -0.449 e. The molecule has 0 aromatic carbocycles. The number of carbonyl (C=O) groups excluding carboxylic acids is 3. The summed E-state index contributed by atoms with van der Waals surface area (Å²) in [6, 6.07) is -1.01. The molecule has 0 saturated heterocycles. The van der Waals surface area contributed by atoms with Crippen molar-refractivity contribution in [2.75, 3.05) is 6.01 Å². The SMILES string of the molecule is C[C@@H]1CC2C3C[C@H](F)C4=CC(=O)C=C[C@]4(C)[C@@]3(F)[C@@H](O)C[C@]2(C)[C@@]1(OC(=O)C1(C)CC1)C(=O)SCF. The number of allylic oxidation sites excluding steroid dienone is 4. The first-order valence-corrected chi connectivity index (χ1v) is 13.6. The van der Waals surface area contributed by atoms with E-state index in [4.69, 9.17) is 4.74 Å². The van der Waals surface area contributed by atoms with Crippen molar-refractivity contribution in [3.8, 4) is 0 Å². The van der Waals surface area contributed by atoms with Crippen molar-refractivity contribution in [2.24, 2.45) is 34.0 Å². The summed E-state index contributed by atoms with van der Waals surface area (Å²) in [5.74, 6) is -3.19. The number of ether oxygens (including phenoxy) is 1. The molecule has 5 nitrogen and oxygen atoms in total. The van der Waals surface area contributed by atoms with Crippen LogP contribution < -0.4 is 0 Å². The van der Waals surface area contributed by atoms with Crippen LogP contribution in [0.15, 0.2) is 23.8 Å². The highest BCUT2D eigenvalue weighted by Crippen LogP contribution is 2.72. The van der Waals surface area contributed by atoms with Gasteiger partial charge in [-0.1, -0.05) is 19.9 Å². The fourth-order valence-electron chi connectivity index (χ4n) is 8.04. The van der Waals surface area contributed by atoms with Crippen LogP contribution in [-0.4, -0.2) is 51.5 Å². The lowest BCUT2D eigenvalue weighted by Gasteiger charge is -2.63. The topological polar surface area (TPSA) is 80.7 Å². The maximum Gasteiger partial charge on any atom is 0.312 e. The molecule has 36 heavy (non-hydrogen) atoms. The van der Waals surface area contributed by atoms with Crippen LogP contribution in [0.4, 0.5) is 13.2 Å². The average molecular weight is 527 g/mol. The summed E-state index contributed by atoms with van der Waals surface area (Å²) in [6.07, 6.45) is 1.45. The van der Waals surface area contributed by atoms with Gasteiger partial charge in [0, 0.05) is 22.7 Å². The zero-order valence-electron chi connectivity index (χ0n) is 21.0. The Morgan fingerprint density at radius 3 is 2.47 bits per heavy atom. The minimum absolute atomic E-state index is 0.0193. The normalized spacial score (nSPS) is 48.4. The van der Waals surface area contributed by atoms with Crippen LogP contribution in [0, 0.1) is 34.0 Å². The molecular formula is C27H33F3O5S. The van der Waals surface area contributed by atoms with Gasteiger partial charge in [-0.05, 0) is 81.4 Å². The Hall–Kier alpha value is -1.61. The smallest absolute Gasteiger partial charge is 0.312 e. The van der Waals surface area contributed by atoms with Gasteiger partial charge >= 0.3 is 5.97 Å². The molecule has 198 valence electrons. The molecule has 2 unspecified atom stereocenters. The third kappa shape index (κ3) is 3.04. The third-order valence-electron chi connectivity index (χ3n) is 10.4. The van der Waals surface area contributed by atoms with Crippen molar-refractivity contribution < 1.29 is 37.4 Å². The highest BCUT2D eigenvalue weighted by atomic mass is 32.2. The predicted octanol–water partition coefficient (Wildman–Crippen LogP) is 4.82. The molecule has 4 saturated carbocycles. The van der Waals surface area contributed by atoms with E-state index in [0.29, 0.717) is 24.6 Å². The van der Waals surface area contributed by atoms with Gasteiger partial charge in [-0.15, -0.1) is 0 Å². The van der Waals surface area contributed by atoms with E-state index in [1.165, 1.54) is 19.1 Å². The number of alkyl halides is 3. The van der Waals surface area contributed by atoms with Gasteiger partial charge in [0.2, 0.25) is 5.12 Å². The molecule has 0 heterocycles. The largest absolute Gasteiger partial charge is 0.449 e. The quantitative estimate of drug-likeness (QED) is 0.529. The Morgan fingerprint density at radius 2 is 1.86 bits per heavy atom. The number of aliphatic hydroxyl groups is 1. The van der Waals surface area contributed by atoms with Crippen LogP contribution in [0.5, 0.6) is 0 Å². The molecule has 5 aliphatic carbocycles. The second kappa shape index (κ2) is 7.95. The number of ketones is 1. The van der Waals surface area contributed by atoms with Gasteiger partial charge in [-0.2, -0.15) is 0 Å². The lowest BCUT2D eigenvalue weighted by molar-refractivity contribution is -0.230. The van der Waals surface area contributed by atoms with Gasteiger partial charge < -0.3 is 9.84 Å². The standard InChI is InChI=1S/C27H33F3O5S/c1-14-9-16-17-11-19(29)18-10-15(31)5-6-24(18,3)26(17,30)20(32)12-25(16,4)27(14,22(34)36-13-28)35-21(33)23(2)7-8-23/h5-6,10,14,16-17,19-20,32H,7-9,11-13H2,1-4H3/t14-,16?,17?,19+,20+,24+,25+,26+,27+/m1/s1. The number of aliphatic hydroxyl groups excluding tert-OH is 1. The fourth-order valence-corrected chi connectivity index (χ4v) is 8.83. The molecule has 1 N–H and O–H groups in total. The van der Waals surface area contributed by atoms with Gasteiger partial charge in [0.15, 0.2) is 17.1 Å². The third-order valence-corrected chi connectivity index (χ3v) is 11.1. The number of rotatable bonds is 4. The Labute approximate surface area is 213 Å². The summed E-state index contributed by atoms with van der Waals surface area (Å²) in [5, 5.41) is 10.8. The molecule has 9 atom stereocenters. The highest BCUT2D eigenvalue weighted by Gasteiger charge is 2.78. The van der Waals surface area contributed by atoms with E-state index in [1.807, 2.05) is 0 Å². The van der Waals surface area contributed by atoms with Crippen molar-refractivity contribution in [3.63, 3.8) is 0 Å². The van der Waals surface area contributed by atoms with Crippen molar-refractivity contribution in [2.45, 2.75) is 83.3 Å². The molecule has 0 bridgehead atoms. The van der Waals surface area contributed by atoms with E-state index in [1.54, 1.807) is 20.8 Å². The first-order chi connectivity index (χ1) is 16.7. The lowest BCUT2D eigenvalue weighted by Crippen LogP contribution is -2.70. The molecule has 4 fully saturated rings. The van der Waals surface area contributed by atoms with Gasteiger partial charge in [-0.25, -0.2) is 13.2 Å². The lowest BCUT2D eigenvalue weighted by atomic mass is 9.44. The number of fused-ring (bicyclic) bond motifs is 5. The van der Waals surface area contributed by atoms with E-state index >= 15 is 8.78 Å². The number of esters is 1. The first-order valence-electron chi connectivity index (χ1n) is 12.6. The maximum absolute atomic E-state index is 17.4. The number of halogens is 3. The second-order valence-electron chi connectivity index (χ2n) is 12.2. The van der Waals surface area contributed by atoms with Crippen LogP contribution in [0.25, 0.3) is 0 Å². The molecule has 0 spiro atoms. The molecule has 5 aliphatic rings. The molecular weight excluding hydrogens is 493 g/mol. The average Bonchev–Trinajstić information content (AvgIpc) is 3.52. The number of hydrogen-bond donors (Lipinski definition) is 1. The van der Waals surface area contributed by atoms with E-state index in [9.17, 15) is 23.9 Å². The van der Waals surface area contributed by atoms with Gasteiger partial charge in [-0.3, -0.25) is 14.4 Å². The van der Waals surface area contributed by atoms with E-state index in [-0.39, 0.29) is 24.8 Å². The predicted molar refractivity (Wildman–Crippen MR) is 128 cm³/mol. The van der Waals surface area contributed by atoms with Crippen molar-refractivity contribution >= 4 is 28.6 Å². The zero-order valence-corrected chi connectivity index (χ0v) is 21.8. The first kappa shape index (κ1) is 26.0. The van der Waals surface area contributed by atoms with Gasteiger partial charge in [0.25, 0.3) is 0 Å². The summed E-state index contributed by atoms with van der Waals surface area (Å²) in [5.41, 5.74) is -7.57. The molecule has 0 amide bonds. The highest BCUT2D eigenvalue weighted by molar-refractivity contribution is 8.13. The second-order valence-corrected chi connectivity index (χ2v) is 13.1. The van der Waals surface area contributed by atoms with Crippen LogP contribution in [0.1, 0.15) is 59.8 Å². The van der Waals surface area contributed by atoms with Crippen molar-refractivity contribution in [3.05, 3.63) is 23.8 Å². The number of carbonyl (C=O) groups is 3. The maximum atomic E-state index is 17.4. The summed E-state index contributed by atoms with van der Waals surface area (Å²) < 4.78 is 52.5. The zero-order chi connectivity index (χ0) is 26.5. The van der Waals surface area contributed by atoms with Crippen LogP contribution in [0.3, 0.4) is 0 Å². The Morgan fingerprint density at radius 1 is 1.19 bits per heavy atom. The van der Waals surface area contributed by atoms with Crippen LogP contribution in [0.2, 0.25) is 0 Å². The summed E-state index contributed by atoms with van der Waals surface area (Å²) in [7, 11) is 0.